The van der Waals surface area contributed by atoms with Gasteiger partial charge in [0, 0.05) is 6.54 Å². The average Bonchev–Trinajstić information content (AvgIpc) is 3.10. The van der Waals surface area contributed by atoms with Crippen molar-refractivity contribution >= 4 is 15.9 Å². The molecule has 1 aromatic heterocycles. The Labute approximate surface area is 123 Å². The van der Waals surface area contributed by atoms with E-state index in [2.05, 4.69) is 20.0 Å². The fraction of sp³-hybridized carbons (Fsp3) is 0.750. The number of amides is 1. The summed E-state index contributed by atoms with van der Waals surface area (Å²) < 4.78 is 30.3. The van der Waals surface area contributed by atoms with Crippen molar-refractivity contribution in [3.05, 3.63) is 12.2 Å². The summed E-state index contributed by atoms with van der Waals surface area (Å²) in [5, 5.41) is 6.40. The molecule has 2 rings (SSSR count). The highest BCUT2D eigenvalue weighted by molar-refractivity contribution is 7.89. The molecule has 0 radical (unpaired) electrons. The maximum absolute atomic E-state index is 12.3. The van der Waals surface area contributed by atoms with Crippen molar-refractivity contribution in [3.8, 4) is 0 Å². The van der Waals surface area contributed by atoms with E-state index in [1.165, 1.54) is 10.7 Å². The van der Waals surface area contributed by atoms with Crippen LogP contribution in [-0.4, -0.2) is 47.1 Å². The Morgan fingerprint density at radius 3 is 3.00 bits per heavy atom. The summed E-state index contributed by atoms with van der Waals surface area (Å²) in [5.74, 6) is 0.116. The third kappa shape index (κ3) is 3.59. The molecule has 1 saturated heterocycles. The first kappa shape index (κ1) is 15.9. The van der Waals surface area contributed by atoms with Gasteiger partial charge in [-0.25, -0.2) is 8.42 Å². The number of rotatable bonds is 6. The van der Waals surface area contributed by atoms with E-state index in [1.807, 2.05) is 0 Å². The molecule has 8 nitrogen and oxygen atoms in total. The Kier molecular flexibility index (Phi) is 4.94. The van der Waals surface area contributed by atoms with Gasteiger partial charge >= 0.3 is 0 Å². The number of hydrogen-bond donors (Lipinski definition) is 1. The zero-order chi connectivity index (χ0) is 15.5. The Bertz CT molecular complexity index is 572. The van der Waals surface area contributed by atoms with Crippen LogP contribution in [0.4, 0.5) is 0 Å². The van der Waals surface area contributed by atoms with Crippen LogP contribution in [-0.2, 0) is 14.8 Å². The predicted molar refractivity (Wildman–Crippen MR) is 74.7 cm³/mol. The van der Waals surface area contributed by atoms with Gasteiger partial charge in [-0.05, 0) is 26.2 Å². The summed E-state index contributed by atoms with van der Waals surface area (Å²) in [5.41, 5.74) is 0. The normalized spacial score (nSPS) is 21.3. The van der Waals surface area contributed by atoms with Crippen molar-refractivity contribution < 1.29 is 17.7 Å². The molecule has 2 heterocycles. The van der Waals surface area contributed by atoms with Gasteiger partial charge in [0.2, 0.25) is 22.3 Å². The molecular formula is C12H20N4O4S. The van der Waals surface area contributed by atoms with Gasteiger partial charge < -0.3 is 9.84 Å². The lowest BCUT2D eigenvalue weighted by atomic mass is 10.2. The number of sulfonamides is 1. The summed E-state index contributed by atoms with van der Waals surface area (Å²) in [6.45, 7) is 3.93. The molecular weight excluding hydrogens is 296 g/mol. The first-order valence-electron chi connectivity index (χ1n) is 7.02. The second-order valence-corrected chi connectivity index (χ2v) is 7.15. The van der Waals surface area contributed by atoms with E-state index in [0.29, 0.717) is 31.6 Å². The van der Waals surface area contributed by atoms with Crippen LogP contribution in [0.15, 0.2) is 10.9 Å². The zero-order valence-electron chi connectivity index (χ0n) is 12.2. The fourth-order valence-electron chi connectivity index (χ4n) is 2.45. The maximum atomic E-state index is 12.3. The maximum Gasteiger partial charge on any atom is 0.239 e. The summed E-state index contributed by atoms with van der Waals surface area (Å²) in [6, 6.07) is -1.07. The van der Waals surface area contributed by atoms with Crippen molar-refractivity contribution in [2.24, 2.45) is 0 Å². The fourth-order valence-corrected chi connectivity index (χ4v) is 4.20. The first-order valence-corrected chi connectivity index (χ1v) is 8.62. The van der Waals surface area contributed by atoms with E-state index in [4.69, 9.17) is 0 Å². The summed E-state index contributed by atoms with van der Waals surface area (Å²) >= 11 is 0. The van der Waals surface area contributed by atoms with Crippen LogP contribution in [0.1, 0.15) is 45.0 Å². The summed E-state index contributed by atoms with van der Waals surface area (Å²) in [7, 11) is -3.37. The third-order valence-corrected chi connectivity index (χ3v) is 5.53. The number of hydrogen-bond acceptors (Lipinski definition) is 6. The van der Waals surface area contributed by atoms with Gasteiger partial charge in [-0.15, -0.1) is 0 Å². The minimum Gasteiger partial charge on any atom is -0.345 e. The van der Waals surface area contributed by atoms with Crippen LogP contribution in [0.5, 0.6) is 0 Å². The second kappa shape index (κ2) is 6.52. The van der Waals surface area contributed by atoms with Crippen molar-refractivity contribution in [3.63, 3.8) is 0 Å². The van der Waals surface area contributed by atoms with Crippen molar-refractivity contribution in [1.82, 2.24) is 19.8 Å². The molecule has 1 aliphatic rings. The lowest BCUT2D eigenvalue weighted by Crippen LogP contribution is -2.47. The molecule has 0 saturated carbocycles. The molecule has 1 aliphatic heterocycles. The third-order valence-electron chi connectivity index (χ3n) is 3.45. The highest BCUT2D eigenvalue weighted by Gasteiger charge is 2.38. The van der Waals surface area contributed by atoms with Crippen LogP contribution >= 0.6 is 0 Å². The van der Waals surface area contributed by atoms with E-state index in [9.17, 15) is 13.2 Å². The Balaban J connectivity index is 2.04. The van der Waals surface area contributed by atoms with Gasteiger partial charge in [-0.1, -0.05) is 12.1 Å². The number of aromatic nitrogens is 2. The Hall–Kier alpha value is -1.48. The lowest BCUT2D eigenvalue weighted by Gasteiger charge is -2.24. The minimum atomic E-state index is -3.37. The van der Waals surface area contributed by atoms with Gasteiger partial charge in [-0.3, -0.25) is 4.79 Å². The highest BCUT2D eigenvalue weighted by Crippen LogP contribution is 2.22. The van der Waals surface area contributed by atoms with Crippen molar-refractivity contribution in [2.45, 2.75) is 45.2 Å². The summed E-state index contributed by atoms with van der Waals surface area (Å²) in [4.78, 5) is 16.2. The molecule has 21 heavy (non-hydrogen) atoms. The highest BCUT2D eigenvalue weighted by atomic mass is 32.2. The molecule has 1 N–H and O–H groups in total. The quantitative estimate of drug-likeness (QED) is 0.817. The Morgan fingerprint density at radius 1 is 1.62 bits per heavy atom. The van der Waals surface area contributed by atoms with Crippen LogP contribution < -0.4 is 5.32 Å². The standard InChI is InChI=1S/C12H20N4O4S/c1-3-7-21(18,19)16-6-4-5-10(16)12(17)14-9(2)11-13-8-20-15-11/h8-10H,3-7H2,1-2H3,(H,14,17)/t9-,10-/m1/s1. The number of nitrogens with zero attached hydrogens (tertiary/aromatic N) is 3. The monoisotopic (exact) mass is 316 g/mol. The molecule has 0 aromatic carbocycles. The zero-order valence-corrected chi connectivity index (χ0v) is 13.0. The van der Waals surface area contributed by atoms with Crippen molar-refractivity contribution in [1.29, 1.82) is 0 Å². The molecule has 1 amide bonds. The molecule has 0 unspecified atom stereocenters. The molecule has 9 heteroatoms. The molecule has 0 spiro atoms. The van der Waals surface area contributed by atoms with Gasteiger partial charge in [0.1, 0.15) is 6.04 Å². The lowest BCUT2D eigenvalue weighted by molar-refractivity contribution is -0.124. The number of carbonyl (C=O) groups excluding carboxylic acids is 1. The van der Waals surface area contributed by atoms with E-state index in [1.54, 1.807) is 13.8 Å². The van der Waals surface area contributed by atoms with E-state index in [-0.39, 0.29) is 11.7 Å². The SMILES string of the molecule is CCCS(=O)(=O)N1CCC[C@@H]1C(=O)N[C@H](C)c1ncon1. The average molecular weight is 316 g/mol. The van der Waals surface area contributed by atoms with E-state index >= 15 is 0 Å². The second-order valence-electron chi connectivity index (χ2n) is 5.10. The van der Waals surface area contributed by atoms with Gasteiger partial charge in [0.25, 0.3) is 0 Å². The minimum absolute atomic E-state index is 0.0666. The van der Waals surface area contributed by atoms with E-state index in [0.717, 1.165) is 0 Å². The van der Waals surface area contributed by atoms with Crippen molar-refractivity contribution in [2.75, 3.05) is 12.3 Å². The topological polar surface area (TPSA) is 105 Å². The van der Waals surface area contributed by atoms with Crippen LogP contribution in [0.25, 0.3) is 0 Å². The predicted octanol–water partition coefficient (Wildman–Crippen LogP) is 0.451. The number of carbonyl (C=O) groups is 1. The van der Waals surface area contributed by atoms with Gasteiger partial charge in [0.15, 0.2) is 5.82 Å². The van der Waals surface area contributed by atoms with Gasteiger partial charge in [-0.2, -0.15) is 9.29 Å². The molecule has 2 atom stereocenters. The van der Waals surface area contributed by atoms with Gasteiger partial charge in [0.05, 0.1) is 11.8 Å². The number of nitrogens with one attached hydrogen (secondary N) is 1. The first-order chi connectivity index (χ1) is 9.95. The largest absolute Gasteiger partial charge is 0.345 e. The smallest absolute Gasteiger partial charge is 0.239 e. The molecule has 118 valence electrons. The molecule has 0 bridgehead atoms. The molecule has 1 fully saturated rings. The Morgan fingerprint density at radius 2 is 2.38 bits per heavy atom. The molecule has 0 aliphatic carbocycles. The van der Waals surface area contributed by atoms with Crippen LogP contribution in [0, 0.1) is 0 Å². The molecule has 1 aromatic rings. The van der Waals surface area contributed by atoms with E-state index < -0.39 is 22.1 Å². The van der Waals surface area contributed by atoms with Crippen LogP contribution in [0.3, 0.4) is 0 Å². The summed E-state index contributed by atoms with van der Waals surface area (Å²) in [6.07, 6.45) is 2.95. The van der Waals surface area contributed by atoms with Crippen LogP contribution in [0.2, 0.25) is 0 Å².